The molecule has 3 aliphatic rings. The van der Waals surface area contributed by atoms with E-state index in [0.717, 1.165) is 32.1 Å². The van der Waals surface area contributed by atoms with Crippen LogP contribution < -0.4 is 38.1 Å². The lowest BCUT2D eigenvalue weighted by Gasteiger charge is -2.37. The first-order valence-corrected chi connectivity index (χ1v) is 12.1. The monoisotopic (exact) mass is 488 g/mol. The summed E-state index contributed by atoms with van der Waals surface area (Å²) in [6.45, 7) is 2.67. The van der Waals surface area contributed by atoms with Crippen LogP contribution >= 0.6 is 12.4 Å². The minimum Gasteiger partial charge on any atom is -0.347 e. The van der Waals surface area contributed by atoms with Gasteiger partial charge in [0.05, 0.1) is 6.04 Å². The summed E-state index contributed by atoms with van der Waals surface area (Å²) in [5.41, 5.74) is 27.7. The molecule has 2 fully saturated rings. The van der Waals surface area contributed by atoms with E-state index in [1.54, 1.807) is 0 Å². The van der Waals surface area contributed by atoms with Crippen molar-refractivity contribution >= 4 is 30.3 Å². The SMILES string of the molecule is Cl.N[C@@H]1C[C@H](N)CN(c2nc(NC3CCCc4ccccc43)nc(N3C[C@H](N)C[C@H](N)C3)n2)C1. The number of nitrogens with zero attached hydrogens (tertiary/aromatic N) is 5. The van der Waals surface area contributed by atoms with E-state index >= 15 is 0 Å². The molecule has 1 aromatic carbocycles. The van der Waals surface area contributed by atoms with E-state index in [0.29, 0.717) is 44.0 Å². The summed E-state index contributed by atoms with van der Waals surface area (Å²) in [5, 5.41) is 3.60. The Morgan fingerprint density at radius 3 is 1.85 bits per heavy atom. The Bertz CT molecular complexity index is 910. The molecule has 186 valence electrons. The molecule has 9 N–H and O–H groups in total. The summed E-state index contributed by atoms with van der Waals surface area (Å²) in [4.78, 5) is 18.6. The first-order valence-electron chi connectivity index (χ1n) is 12.1. The number of rotatable bonds is 4. The average Bonchev–Trinajstić information content (AvgIpc) is 2.78. The second-order valence-corrected chi connectivity index (χ2v) is 9.87. The molecule has 0 bridgehead atoms. The van der Waals surface area contributed by atoms with Crippen LogP contribution in [0.5, 0.6) is 0 Å². The number of anilines is 3. The zero-order valence-electron chi connectivity index (χ0n) is 19.5. The predicted octanol–water partition coefficient (Wildman–Crippen LogP) is 0.512. The summed E-state index contributed by atoms with van der Waals surface area (Å²) in [5.74, 6) is 1.77. The van der Waals surface area contributed by atoms with Crippen molar-refractivity contribution in [3.63, 3.8) is 0 Å². The Labute approximate surface area is 207 Å². The van der Waals surface area contributed by atoms with Gasteiger partial charge in [-0.15, -0.1) is 12.4 Å². The van der Waals surface area contributed by atoms with Crippen molar-refractivity contribution in [1.82, 2.24) is 15.0 Å². The fourth-order valence-electron chi connectivity index (χ4n) is 5.44. The second-order valence-electron chi connectivity index (χ2n) is 9.87. The number of halogens is 1. The van der Waals surface area contributed by atoms with Gasteiger partial charge in [0, 0.05) is 50.3 Å². The predicted molar refractivity (Wildman–Crippen MR) is 138 cm³/mol. The van der Waals surface area contributed by atoms with Gasteiger partial charge in [0.25, 0.3) is 0 Å². The molecular weight excluding hydrogens is 452 g/mol. The number of nitrogens with one attached hydrogen (secondary N) is 1. The van der Waals surface area contributed by atoms with E-state index in [1.807, 2.05) is 0 Å². The van der Waals surface area contributed by atoms with E-state index in [1.165, 1.54) is 11.1 Å². The van der Waals surface area contributed by atoms with Crippen LogP contribution in [0.4, 0.5) is 17.8 Å². The standard InChI is InChI=1S/C23H36N10.ClH/c24-15-8-16(25)11-32(10-15)22-29-21(28-20-7-3-5-14-4-1-2-6-19(14)20)30-23(31-22)33-12-17(26)9-18(27)13-33;/h1-2,4,6,15-18,20H,3,5,7-13,24-27H2,(H,28,29,30,31);1H/t15-,16+,17-,18+,20?;. The fraction of sp³-hybridized carbons (Fsp3) is 0.609. The van der Waals surface area contributed by atoms with Crippen LogP contribution in [0.15, 0.2) is 24.3 Å². The molecule has 0 spiro atoms. The topological polar surface area (TPSA) is 161 Å². The molecule has 1 unspecified atom stereocenters. The van der Waals surface area contributed by atoms with Gasteiger partial charge in [0.15, 0.2) is 0 Å². The van der Waals surface area contributed by atoms with Crippen LogP contribution in [0.2, 0.25) is 0 Å². The van der Waals surface area contributed by atoms with Crippen molar-refractivity contribution < 1.29 is 0 Å². The second kappa shape index (κ2) is 10.6. The quantitative estimate of drug-likeness (QED) is 0.410. The molecule has 0 amide bonds. The Morgan fingerprint density at radius 1 is 0.765 bits per heavy atom. The largest absolute Gasteiger partial charge is 0.347 e. The molecule has 10 nitrogen and oxygen atoms in total. The normalized spacial score (nSPS) is 29.2. The van der Waals surface area contributed by atoms with Crippen molar-refractivity contribution in [1.29, 1.82) is 0 Å². The fourth-order valence-corrected chi connectivity index (χ4v) is 5.44. The molecule has 2 aliphatic heterocycles. The lowest BCUT2D eigenvalue weighted by atomic mass is 9.88. The van der Waals surface area contributed by atoms with Gasteiger partial charge in [0.2, 0.25) is 17.8 Å². The van der Waals surface area contributed by atoms with Gasteiger partial charge in [0.1, 0.15) is 0 Å². The number of piperidine rings is 2. The van der Waals surface area contributed by atoms with Crippen LogP contribution in [-0.2, 0) is 6.42 Å². The van der Waals surface area contributed by atoms with Gasteiger partial charge in [-0.1, -0.05) is 24.3 Å². The van der Waals surface area contributed by atoms with Gasteiger partial charge >= 0.3 is 0 Å². The molecule has 2 aromatic rings. The summed E-state index contributed by atoms with van der Waals surface area (Å²) >= 11 is 0. The Kier molecular flexibility index (Phi) is 7.73. The number of benzene rings is 1. The van der Waals surface area contributed by atoms with Crippen molar-refractivity contribution in [2.75, 3.05) is 41.3 Å². The molecule has 3 heterocycles. The Balaban J connectivity index is 0.00000274. The highest BCUT2D eigenvalue weighted by atomic mass is 35.5. The van der Waals surface area contributed by atoms with E-state index < -0.39 is 0 Å². The van der Waals surface area contributed by atoms with Crippen molar-refractivity contribution in [3.8, 4) is 0 Å². The minimum absolute atomic E-state index is 0. The zero-order chi connectivity index (χ0) is 22.9. The maximum atomic E-state index is 6.26. The first-order chi connectivity index (χ1) is 15.9. The highest BCUT2D eigenvalue weighted by molar-refractivity contribution is 5.85. The van der Waals surface area contributed by atoms with Crippen molar-refractivity contribution in [2.24, 2.45) is 22.9 Å². The summed E-state index contributed by atoms with van der Waals surface area (Å²) < 4.78 is 0. The average molecular weight is 489 g/mol. The molecule has 5 rings (SSSR count). The molecule has 0 radical (unpaired) electrons. The lowest BCUT2D eigenvalue weighted by molar-refractivity contribution is 0.441. The minimum atomic E-state index is -0.00701. The zero-order valence-corrected chi connectivity index (χ0v) is 20.3. The van der Waals surface area contributed by atoms with Crippen LogP contribution in [-0.4, -0.2) is 65.3 Å². The molecular formula is C23H37ClN10. The molecule has 34 heavy (non-hydrogen) atoms. The van der Waals surface area contributed by atoms with E-state index in [2.05, 4.69) is 39.4 Å². The third kappa shape index (κ3) is 5.52. The van der Waals surface area contributed by atoms with E-state index in [-0.39, 0.29) is 42.6 Å². The molecule has 11 heteroatoms. The van der Waals surface area contributed by atoms with Crippen LogP contribution in [0.1, 0.15) is 42.9 Å². The van der Waals surface area contributed by atoms with Gasteiger partial charge in [-0.3, -0.25) is 0 Å². The number of fused-ring (bicyclic) bond motifs is 1. The highest BCUT2D eigenvalue weighted by Gasteiger charge is 2.29. The van der Waals surface area contributed by atoms with Gasteiger partial charge in [-0.25, -0.2) is 0 Å². The molecule has 1 aromatic heterocycles. The van der Waals surface area contributed by atoms with Crippen LogP contribution in [0.3, 0.4) is 0 Å². The highest BCUT2D eigenvalue weighted by Crippen LogP contribution is 2.32. The van der Waals surface area contributed by atoms with Crippen LogP contribution in [0, 0.1) is 0 Å². The number of aromatic nitrogens is 3. The van der Waals surface area contributed by atoms with E-state index in [4.69, 9.17) is 37.9 Å². The maximum absolute atomic E-state index is 6.26. The summed E-state index contributed by atoms with van der Waals surface area (Å²) in [7, 11) is 0. The first kappa shape index (κ1) is 24.9. The third-order valence-corrected chi connectivity index (χ3v) is 6.88. The third-order valence-electron chi connectivity index (χ3n) is 6.88. The Morgan fingerprint density at radius 2 is 1.29 bits per heavy atom. The van der Waals surface area contributed by atoms with Crippen molar-refractivity contribution in [2.45, 2.75) is 62.3 Å². The van der Waals surface area contributed by atoms with Gasteiger partial charge in [-0.2, -0.15) is 15.0 Å². The Hall–Kier alpha value is -2.24. The maximum Gasteiger partial charge on any atom is 0.232 e. The van der Waals surface area contributed by atoms with Gasteiger partial charge in [-0.05, 0) is 43.2 Å². The lowest BCUT2D eigenvalue weighted by Crippen LogP contribution is -2.54. The number of aryl methyl sites for hydroxylation is 1. The number of nitrogens with two attached hydrogens (primary N) is 4. The molecule has 1 aliphatic carbocycles. The number of hydrogen-bond donors (Lipinski definition) is 5. The molecule has 2 saturated heterocycles. The summed E-state index contributed by atoms with van der Waals surface area (Å²) in [6.07, 6.45) is 4.87. The molecule has 5 atom stereocenters. The van der Waals surface area contributed by atoms with E-state index in [9.17, 15) is 0 Å². The van der Waals surface area contributed by atoms with Crippen LogP contribution in [0.25, 0.3) is 0 Å². The number of hydrogen-bond acceptors (Lipinski definition) is 10. The van der Waals surface area contributed by atoms with Gasteiger partial charge < -0.3 is 38.1 Å². The van der Waals surface area contributed by atoms with Crippen molar-refractivity contribution in [3.05, 3.63) is 35.4 Å². The summed E-state index contributed by atoms with van der Waals surface area (Å²) in [6, 6.07) is 8.73. The smallest absolute Gasteiger partial charge is 0.232 e. The molecule has 0 saturated carbocycles.